The summed E-state index contributed by atoms with van der Waals surface area (Å²) >= 11 is 0. The van der Waals surface area contributed by atoms with E-state index in [-0.39, 0.29) is 0 Å². The quantitative estimate of drug-likeness (QED) is 0.423. The van der Waals surface area contributed by atoms with Gasteiger partial charge in [-0.15, -0.1) is 0 Å². The minimum absolute atomic E-state index is 0.425. The summed E-state index contributed by atoms with van der Waals surface area (Å²) in [5.74, 6) is 0.718. The first-order chi connectivity index (χ1) is 16.1. The number of ether oxygens (including phenoxy) is 1. The summed E-state index contributed by atoms with van der Waals surface area (Å²) in [7, 11) is 1.55. The number of pyridine rings is 2. The normalized spacial score (nSPS) is 12.6. The fourth-order valence-electron chi connectivity index (χ4n) is 4.32. The summed E-state index contributed by atoms with van der Waals surface area (Å²) in [5, 5.41) is 14.9. The molecule has 0 saturated carbocycles. The van der Waals surface area contributed by atoms with Crippen LogP contribution in [0.25, 0.3) is 33.4 Å². The largest absolute Gasteiger partial charge is 0.493 e. The molecule has 1 N–H and O–H groups in total. The highest BCUT2D eigenvalue weighted by Crippen LogP contribution is 2.40. The first-order valence-electron chi connectivity index (χ1n) is 11.1. The molecule has 1 amide bonds. The van der Waals surface area contributed by atoms with E-state index in [9.17, 15) is 4.79 Å². The van der Waals surface area contributed by atoms with Gasteiger partial charge in [-0.1, -0.05) is 6.07 Å². The average Bonchev–Trinajstić information content (AvgIpc) is 3.43. The molecule has 4 heterocycles. The summed E-state index contributed by atoms with van der Waals surface area (Å²) in [4.78, 5) is 21.3. The maximum absolute atomic E-state index is 10.9. The van der Waals surface area contributed by atoms with Crippen LogP contribution in [-0.4, -0.2) is 56.0 Å². The lowest BCUT2D eigenvalue weighted by Gasteiger charge is -2.13. The van der Waals surface area contributed by atoms with Crippen molar-refractivity contribution in [3.63, 3.8) is 0 Å². The van der Waals surface area contributed by atoms with Gasteiger partial charge in [-0.05, 0) is 55.2 Å². The van der Waals surface area contributed by atoms with Crippen LogP contribution in [0.1, 0.15) is 18.5 Å². The van der Waals surface area contributed by atoms with E-state index in [1.165, 1.54) is 10.6 Å². The fourth-order valence-corrected chi connectivity index (χ4v) is 4.32. The second kappa shape index (κ2) is 8.90. The predicted octanol–water partition coefficient (Wildman–Crippen LogP) is 4.49. The van der Waals surface area contributed by atoms with Gasteiger partial charge in [0, 0.05) is 55.2 Å². The number of nitrogens with zero attached hydrogens (tertiary/aromatic N) is 5. The van der Waals surface area contributed by atoms with Crippen molar-refractivity contribution in [3.05, 3.63) is 60.6 Å². The minimum atomic E-state index is -0.936. The zero-order valence-corrected chi connectivity index (χ0v) is 18.4. The lowest BCUT2D eigenvalue weighted by Crippen LogP contribution is -2.26. The summed E-state index contributed by atoms with van der Waals surface area (Å²) in [6, 6.07) is 13.9. The number of benzene rings is 1. The van der Waals surface area contributed by atoms with Gasteiger partial charge in [0.2, 0.25) is 0 Å². The SMILES string of the molecule is CN(CCCOc1ccc2c(-c3c(-c4ccccn4)nn4c3CCC4)ccnc2c1)C(=O)O. The third-order valence-electron chi connectivity index (χ3n) is 5.97. The molecule has 0 unspecified atom stereocenters. The highest BCUT2D eigenvalue weighted by atomic mass is 16.5. The van der Waals surface area contributed by atoms with Crippen molar-refractivity contribution in [1.29, 1.82) is 0 Å². The molecule has 0 bridgehead atoms. The summed E-state index contributed by atoms with van der Waals surface area (Å²) < 4.78 is 7.96. The van der Waals surface area contributed by atoms with E-state index in [4.69, 9.17) is 14.9 Å². The predicted molar refractivity (Wildman–Crippen MR) is 125 cm³/mol. The van der Waals surface area contributed by atoms with Crippen molar-refractivity contribution in [1.82, 2.24) is 24.6 Å². The lowest BCUT2D eigenvalue weighted by molar-refractivity contribution is 0.152. The molecular formula is C25H25N5O3. The molecule has 4 aromatic rings. The van der Waals surface area contributed by atoms with Crippen LogP contribution in [0.5, 0.6) is 5.75 Å². The molecule has 0 spiro atoms. The second-order valence-corrected chi connectivity index (χ2v) is 8.16. The lowest BCUT2D eigenvalue weighted by atomic mass is 9.96. The van der Waals surface area contributed by atoms with E-state index in [1.807, 2.05) is 48.7 Å². The Kier molecular flexibility index (Phi) is 5.64. The zero-order valence-electron chi connectivity index (χ0n) is 18.4. The molecule has 0 aliphatic carbocycles. The van der Waals surface area contributed by atoms with Crippen molar-refractivity contribution >= 4 is 17.0 Å². The number of fused-ring (bicyclic) bond motifs is 2. The zero-order chi connectivity index (χ0) is 22.8. The van der Waals surface area contributed by atoms with Gasteiger partial charge in [0.15, 0.2) is 0 Å². The number of hydrogen-bond donors (Lipinski definition) is 1. The Bertz CT molecular complexity index is 1300. The van der Waals surface area contributed by atoms with Crippen LogP contribution in [0.2, 0.25) is 0 Å². The fraction of sp³-hybridized carbons (Fsp3) is 0.280. The van der Waals surface area contributed by atoms with Crippen LogP contribution >= 0.6 is 0 Å². The standard InChI is InChI=1S/C25H25N5O3/c1-29(25(31)32)13-5-15-33-17-8-9-18-19(10-12-27-21(18)16-17)23-22-7-4-14-30(22)28-24(23)20-6-2-3-11-26-20/h2-3,6,8-12,16H,4-5,7,13-15H2,1H3,(H,31,32). The van der Waals surface area contributed by atoms with Gasteiger partial charge in [0.1, 0.15) is 11.4 Å². The Balaban J connectivity index is 1.46. The van der Waals surface area contributed by atoms with Crippen molar-refractivity contribution in [2.45, 2.75) is 25.8 Å². The van der Waals surface area contributed by atoms with E-state index < -0.39 is 6.09 Å². The Morgan fingerprint density at radius 3 is 2.91 bits per heavy atom. The van der Waals surface area contributed by atoms with Gasteiger partial charge in [-0.2, -0.15) is 5.10 Å². The van der Waals surface area contributed by atoms with Crippen LogP contribution in [0.4, 0.5) is 4.79 Å². The molecule has 1 aliphatic heterocycles. The molecule has 0 fully saturated rings. The molecule has 33 heavy (non-hydrogen) atoms. The molecule has 1 aromatic carbocycles. The molecule has 8 heteroatoms. The number of amides is 1. The topological polar surface area (TPSA) is 93.4 Å². The highest BCUT2D eigenvalue weighted by Gasteiger charge is 2.25. The van der Waals surface area contributed by atoms with Crippen LogP contribution in [-0.2, 0) is 13.0 Å². The van der Waals surface area contributed by atoms with Crippen molar-refractivity contribution < 1.29 is 14.6 Å². The Labute approximate surface area is 191 Å². The van der Waals surface area contributed by atoms with Gasteiger partial charge in [-0.3, -0.25) is 14.6 Å². The number of carbonyl (C=O) groups is 1. The summed E-state index contributed by atoms with van der Waals surface area (Å²) in [6.07, 6.45) is 5.39. The summed E-state index contributed by atoms with van der Waals surface area (Å²) in [6.45, 7) is 1.78. The molecule has 8 nitrogen and oxygen atoms in total. The third-order valence-corrected chi connectivity index (χ3v) is 5.97. The smallest absolute Gasteiger partial charge is 0.407 e. The average molecular weight is 444 g/mol. The van der Waals surface area contributed by atoms with Gasteiger partial charge in [0.05, 0.1) is 17.8 Å². The van der Waals surface area contributed by atoms with Gasteiger partial charge >= 0.3 is 6.09 Å². The molecule has 1 aliphatic rings. The van der Waals surface area contributed by atoms with Gasteiger partial charge < -0.3 is 14.7 Å². The van der Waals surface area contributed by atoms with Crippen molar-refractivity contribution in [2.24, 2.45) is 0 Å². The van der Waals surface area contributed by atoms with E-state index >= 15 is 0 Å². The van der Waals surface area contributed by atoms with Crippen LogP contribution in [0.3, 0.4) is 0 Å². The van der Waals surface area contributed by atoms with E-state index in [0.29, 0.717) is 19.6 Å². The molecular weight excluding hydrogens is 418 g/mol. The number of rotatable bonds is 7. The molecule has 0 atom stereocenters. The van der Waals surface area contributed by atoms with Gasteiger partial charge in [0.25, 0.3) is 0 Å². The Morgan fingerprint density at radius 2 is 2.09 bits per heavy atom. The molecule has 0 radical (unpaired) electrons. The van der Waals surface area contributed by atoms with Crippen molar-refractivity contribution in [3.8, 4) is 28.3 Å². The first kappa shape index (κ1) is 20.9. The van der Waals surface area contributed by atoms with Gasteiger partial charge in [-0.25, -0.2) is 4.79 Å². The third kappa shape index (κ3) is 4.11. The first-order valence-corrected chi connectivity index (χ1v) is 11.1. The van der Waals surface area contributed by atoms with Crippen LogP contribution in [0.15, 0.2) is 54.9 Å². The maximum atomic E-state index is 10.9. The number of aryl methyl sites for hydroxylation is 1. The number of aromatic nitrogens is 4. The Morgan fingerprint density at radius 1 is 1.18 bits per heavy atom. The summed E-state index contributed by atoms with van der Waals surface area (Å²) in [5.41, 5.74) is 6.08. The second-order valence-electron chi connectivity index (χ2n) is 8.16. The highest BCUT2D eigenvalue weighted by molar-refractivity contribution is 5.99. The van der Waals surface area contributed by atoms with Crippen LogP contribution in [0, 0.1) is 0 Å². The Hall–Kier alpha value is -3.94. The molecule has 168 valence electrons. The van der Waals surface area contributed by atoms with E-state index in [2.05, 4.69) is 14.6 Å². The molecule has 3 aromatic heterocycles. The molecule has 5 rings (SSSR count). The maximum Gasteiger partial charge on any atom is 0.407 e. The van der Waals surface area contributed by atoms with E-state index in [0.717, 1.165) is 58.6 Å². The van der Waals surface area contributed by atoms with E-state index in [1.54, 1.807) is 13.2 Å². The monoisotopic (exact) mass is 443 g/mol. The number of hydrogen-bond acceptors (Lipinski definition) is 5. The number of carboxylic acid groups (broad SMARTS) is 1. The molecule has 0 saturated heterocycles. The van der Waals surface area contributed by atoms with Crippen molar-refractivity contribution in [2.75, 3.05) is 20.2 Å². The van der Waals surface area contributed by atoms with Crippen LogP contribution < -0.4 is 4.74 Å². The minimum Gasteiger partial charge on any atom is -0.493 e.